The summed E-state index contributed by atoms with van der Waals surface area (Å²) in [5.74, 6) is 0. The van der Waals surface area contributed by atoms with E-state index in [0.717, 1.165) is 0 Å². The van der Waals surface area contributed by atoms with Crippen LogP contribution in [0, 0.1) is 0 Å². The summed E-state index contributed by atoms with van der Waals surface area (Å²) >= 11 is 0. The molecule has 1 unspecified atom stereocenters. The molecule has 0 fully saturated rings. The maximum atomic E-state index is 0. The zero-order valence-electron chi connectivity index (χ0n) is 5.38. The zero-order valence-corrected chi connectivity index (χ0v) is 8.96. The molecule has 0 aliphatic heterocycles. The van der Waals surface area contributed by atoms with Crippen molar-refractivity contribution in [3.05, 3.63) is 0 Å². The molecule has 0 nitrogen and oxygen atoms in total. The van der Waals surface area contributed by atoms with Gasteiger partial charge in [0.05, 0.1) is 0 Å². The topological polar surface area (TPSA) is 0 Å². The van der Waals surface area contributed by atoms with Crippen LogP contribution in [0.4, 0.5) is 0 Å². The van der Waals surface area contributed by atoms with Crippen molar-refractivity contribution in [2.24, 2.45) is 0 Å². The predicted octanol–water partition coefficient (Wildman–Crippen LogP) is -15.2. The smallest absolute Gasteiger partial charge is 1.00 e. The minimum Gasteiger partial charge on any atom is -1.00 e. The molecule has 0 spiro atoms. The van der Waals surface area contributed by atoms with Crippen molar-refractivity contribution < 1.29 is 92.4 Å². The molecular weight excluding hydrogens is 139 g/mol. The third kappa shape index (κ3) is 26.6. The minimum absolute atomic E-state index is 0. The first-order valence-electron chi connectivity index (χ1n) is 0. The largest absolute Gasteiger partial charge is 1.00 e. The van der Waals surface area contributed by atoms with Crippen LogP contribution in [0.25, 0.3) is 0 Å². The molecule has 0 aromatic carbocycles. The van der Waals surface area contributed by atoms with Gasteiger partial charge in [0.2, 0.25) is 0 Å². The van der Waals surface area contributed by atoms with Crippen molar-refractivity contribution in [2.45, 2.75) is 0 Å². The Balaban J connectivity index is 0. The first-order valence-corrected chi connectivity index (χ1v) is 0. The maximum Gasteiger partial charge on any atom is 1.00 e. The Morgan fingerprint density at radius 2 is 0.500 bits per heavy atom. The Kier molecular flexibility index (Phi) is 398. The second-order valence-electron chi connectivity index (χ2n) is 0. The van der Waals surface area contributed by atoms with Crippen molar-refractivity contribution in [1.29, 1.82) is 0 Å². The third-order valence-corrected chi connectivity index (χ3v) is 0. The molecule has 0 saturated carbocycles. The van der Waals surface area contributed by atoms with E-state index in [2.05, 4.69) is 0 Å². The molecule has 0 aromatic heterocycles. The van der Waals surface area contributed by atoms with Gasteiger partial charge >= 0.3 is 75.4 Å². The van der Waals surface area contributed by atoms with Crippen LogP contribution in [0.5, 0.6) is 0 Å². The zero-order chi connectivity index (χ0) is 0. The quantitative estimate of drug-likeness (QED) is 0.233. The van der Waals surface area contributed by atoms with E-state index in [4.69, 9.17) is 0 Å². The van der Waals surface area contributed by atoms with Gasteiger partial charge in [-0.15, -0.1) is 0 Å². The van der Waals surface area contributed by atoms with Crippen molar-refractivity contribution in [1.82, 2.24) is 0 Å². The van der Waals surface area contributed by atoms with Crippen molar-refractivity contribution in [2.75, 3.05) is 0 Å². The van der Waals surface area contributed by atoms with Gasteiger partial charge in [0.25, 0.3) is 0 Å². The molecule has 0 rings (SSSR count). The van der Waals surface area contributed by atoms with Gasteiger partial charge in [0.15, 0.2) is 0 Å². The summed E-state index contributed by atoms with van der Waals surface area (Å²) in [6.45, 7) is 0. The molecule has 6 heavy (non-hydrogen) atoms. The molecule has 0 bridgehead atoms. The van der Waals surface area contributed by atoms with E-state index in [0.29, 0.717) is 0 Å². The summed E-state index contributed by atoms with van der Waals surface area (Å²) < 4.78 is 0. The van der Waals surface area contributed by atoms with Crippen LogP contribution < -0.4 is 92.4 Å². The number of rotatable bonds is 0. The van der Waals surface area contributed by atoms with Crippen molar-refractivity contribution >= 4 is 9.90 Å². The second-order valence-corrected chi connectivity index (χ2v) is 0. The van der Waals surface area contributed by atoms with Crippen LogP contribution in [0.1, 0.15) is 0 Å². The summed E-state index contributed by atoms with van der Waals surface area (Å²) in [4.78, 5) is 0. The fourth-order valence-corrected chi connectivity index (χ4v) is 0. The van der Waals surface area contributed by atoms with Gasteiger partial charge in [0, 0.05) is 0 Å². The van der Waals surface area contributed by atoms with Gasteiger partial charge < -0.3 is 17.0 Å². The Bertz CT molecular complexity index is 7.51. The maximum absolute atomic E-state index is 0. The molecule has 0 amide bonds. The number of halogens is 1. The van der Waals surface area contributed by atoms with Crippen LogP contribution in [0.15, 0.2) is 0 Å². The Morgan fingerprint density at radius 3 is 0.500 bits per heavy atom. The number of hydrogen-bond donors (Lipinski definition) is 0. The van der Waals surface area contributed by atoms with E-state index in [1.807, 2.05) is 0 Å². The average molecular weight is 143 g/mol. The van der Waals surface area contributed by atoms with Crippen LogP contribution in [0.3, 0.4) is 0 Å². The summed E-state index contributed by atoms with van der Waals surface area (Å²) in [5, 5.41) is 0. The van der Waals surface area contributed by atoms with Gasteiger partial charge in [-0.3, -0.25) is 0 Å². The van der Waals surface area contributed by atoms with Gasteiger partial charge in [-0.2, -0.15) is 0 Å². The van der Waals surface area contributed by atoms with Crippen molar-refractivity contribution in [3.8, 4) is 0 Å². The average Bonchev–Trinajstić information content (AvgIpc) is 0. The van der Waals surface area contributed by atoms with E-state index >= 15 is 0 Å². The Morgan fingerprint density at radius 1 is 0.500 bits per heavy atom. The van der Waals surface area contributed by atoms with Crippen LogP contribution in [0.2, 0.25) is 0 Å². The van der Waals surface area contributed by atoms with Crippen LogP contribution in [-0.4, -0.2) is 0 Å². The van der Waals surface area contributed by atoms with E-state index in [1.54, 1.807) is 0 Å². The van der Waals surface area contributed by atoms with Gasteiger partial charge in [0.1, 0.15) is 0 Å². The van der Waals surface area contributed by atoms with Crippen LogP contribution in [-0.2, 0) is 0 Å². The minimum atomic E-state index is 0. The van der Waals surface area contributed by atoms with E-state index in [9.17, 15) is 0 Å². The normalized spacial score (nSPS) is 0. The molecule has 0 heterocycles. The Hall–Kier alpha value is 3.30. The molecule has 0 aromatic rings. The molecule has 16 valence electrons. The van der Waals surface area contributed by atoms with Crippen molar-refractivity contribution in [3.63, 3.8) is 0 Å². The molecule has 1 atom stereocenters. The first kappa shape index (κ1) is 58.8. The summed E-state index contributed by atoms with van der Waals surface area (Å²) in [6.07, 6.45) is 0. The van der Waals surface area contributed by atoms with Gasteiger partial charge in [-0.1, -0.05) is 0 Å². The summed E-state index contributed by atoms with van der Waals surface area (Å²) in [6, 6.07) is 0. The summed E-state index contributed by atoms with van der Waals surface area (Å²) in [5.41, 5.74) is 0. The van der Waals surface area contributed by atoms with Gasteiger partial charge in [-0.25, -0.2) is 0 Å². The van der Waals surface area contributed by atoms with E-state index < -0.39 is 0 Å². The standard InChI is InChI=1S/BrH.4Li.H3P/h1H;;;;;1H3/q;4*+1;. The monoisotopic (exact) mass is 142 g/mol. The molecule has 0 radical (unpaired) electrons. The molecule has 0 N–H and O–H groups in total. The third-order valence-electron chi connectivity index (χ3n) is 0. The molecule has 0 saturated heterocycles. The van der Waals surface area contributed by atoms with E-state index in [1.165, 1.54) is 0 Å². The fourth-order valence-electron chi connectivity index (χ4n) is 0. The molecular formula is H4BrLi4P+4. The van der Waals surface area contributed by atoms with Gasteiger partial charge in [-0.05, 0) is 9.90 Å². The molecule has 6 heteroatoms. The molecule has 0 aliphatic rings. The van der Waals surface area contributed by atoms with E-state index in [-0.39, 0.29) is 102 Å². The number of hydrogen-bond acceptors (Lipinski definition) is 0. The second kappa shape index (κ2) is 40.6. The van der Waals surface area contributed by atoms with Crippen LogP contribution >= 0.6 is 9.90 Å². The molecule has 0 aliphatic carbocycles. The fraction of sp³-hybridized carbons (Fsp3) is 0. The predicted molar refractivity (Wildman–Crippen MR) is 12.5 cm³/mol. The summed E-state index contributed by atoms with van der Waals surface area (Å²) in [7, 11) is 0. The Labute approximate surface area is 101 Å². The SMILES string of the molecule is [Br-].[Li+].[Li+].[Li+].[Li+].[PH4+]. The first-order chi connectivity index (χ1) is 0.